The smallest absolute Gasteiger partial charge is 0.340 e. The maximum atomic E-state index is 11.9. The lowest BCUT2D eigenvalue weighted by molar-refractivity contribution is 0.00691. The second-order valence-corrected chi connectivity index (χ2v) is 5.69. The highest BCUT2D eigenvalue weighted by Crippen LogP contribution is 2.17. The highest BCUT2D eigenvalue weighted by Gasteiger charge is 2.18. The summed E-state index contributed by atoms with van der Waals surface area (Å²) in [5.41, 5.74) is -0.112. The minimum atomic E-state index is -0.575. The first-order valence-electron chi connectivity index (χ1n) is 6.68. The number of aromatic nitrogens is 3. The molecule has 0 saturated heterocycles. The quantitative estimate of drug-likeness (QED) is 0.874. The van der Waals surface area contributed by atoms with Gasteiger partial charge in [-0.05, 0) is 33.8 Å². The first-order chi connectivity index (χ1) is 10.2. The molecule has 0 aliphatic heterocycles. The molecule has 2 aromatic rings. The van der Waals surface area contributed by atoms with E-state index >= 15 is 0 Å². The van der Waals surface area contributed by atoms with Gasteiger partial charge in [-0.1, -0.05) is 0 Å². The van der Waals surface area contributed by atoms with Crippen molar-refractivity contribution in [1.82, 2.24) is 15.2 Å². The molecule has 0 fully saturated rings. The SMILES string of the molecule is Cc1cc(Oc2ccc(C(=O)OC(C)(C)C)cn2)c(=O)[nH]n1. The highest BCUT2D eigenvalue weighted by atomic mass is 16.6. The van der Waals surface area contributed by atoms with E-state index in [0.29, 0.717) is 11.3 Å². The lowest BCUT2D eigenvalue weighted by Gasteiger charge is -2.19. The number of aromatic amines is 1. The molecule has 0 saturated carbocycles. The zero-order valence-electron chi connectivity index (χ0n) is 12.8. The van der Waals surface area contributed by atoms with Crippen LogP contribution in [0.5, 0.6) is 11.6 Å². The van der Waals surface area contributed by atoms with Crippen molar-refractivity contribution in [3.63, 3.8) is 0 Å². The third kappa shape index (κ3) is 4.15. The van der Waals surface area contributed by atoms with E-state index in [4.69, 9.17) is 9.47 Å². The summed E-state index contributed by atoms with van der Waals surface area (Å²) in [4.78, 5) is 27.4. The van der Waals surface area contributed by atoms with Crippen molar-refractivity contribution in [2.45, 2.75) is 33.3 Å². The second-order valence-electron chi connectivity index (χ2n) is 5.69. The van der Waals surface area contributed by atoms with E-state index in [1.807, 2.05) is 0 Å². The van der Waals surface area contributed by atoms with Crippen LogP contribution < -0.4 is 10.3 Å². The van der Waals surface area contributed by atoms with E-state index in [9.17, 15) is 9.59 Å². The Morgan fingerprint density at radius 3 is 2.59 bits per heavy atom. The number of carbonyl (C=O) groups is 1. The maximum Gasteiger partial charge on any atom is 0.340 e. The summed E-state index contributed by atoms with van der Waals surface area (Å²) >= 11 is 0. The van der Waals surface area contributed by atoms with Crippen molar-refractivity contribution in [2.75, 3.05) is 0 Å². The van der Waals surface area contributed by atoms with Crippen molar-refractivity contribution in [3.8, 4) is 11.6 Å². The van der Waals surface area contributed by atoms with E-state index < -0.39 is 17.1 Å². The minimum Gasteiger partial charge on any atom is -0.456 e. The predicted octanol–water partition coefficient (Wildman–Crippen LogP) is 2.22. The van der Waals surface area contributed by atoms with Crippen LogP contribution in [0, 0.1) is 6.92 Å². The van der Waals surface area contributed by atoms with E-state index in [-0.39, 0.29) is 11.6 Å². The van der Waals surface area contributed by atoms with Crippen LogP contribution in [-0.2, 0) is 4.74 Å². The summed E-state index contributed by atoms with van der Waals surface area (Å²) in [5, 5.41) is 6.06. The molecular weight excluding hydrogens is 286 g/mol. The largest absolute Gasteiger partial charge is 0.456 e. The number of carbonyl (C=O) groups excluding carboxylic acids is 1. The van der Waals surface area contributed by atoms with Crippen molar-refractivity contribution >= 4 is 5.97 Å². The Kier molecular flexibility index (Phi) is 4.25. The number of esters is 1. The van der Waals surface area contributed by atoms with Gasteiger partial charge in [-0.15, -0.1) is 0 Å². The van der Waals surface area contributed by atoms with Crippen LogP contribution in [0.2, 0.25) is 0 Å². The lowest BCUT2D eigenvalue weighted by Crippen LogP contribution is -2.23. The summed E-state index contributed by atoms with van der Waals surface area (Å²) in [7, 11) is 0. The molecule has 7 nitrogen and oxygen atoms in total. The second kappa shape index (κ2) is 5.97. The Bertz CT molecular complexity index is 730. The van der Waals surface area contributed by atoms with Gasteiger partial charge in [0.1, 0.15) is 5.60 Å². The van der Waals surface area contributed by atoms with Crippen LogP contribution in [0.1, 0.15) is 36.8 Å². The first kappa shape index (κ1) is 15.7. The van der Waals surface area contributed by atoms with Gasteiger partial charge in [0.05, 0.1) is 11.3 Å². The average Bonchev–Trinajstić information content (AvgIpc) is 2.42. The van der Waals surface area contributed by atoms with E-state index in [0.717, 1.165) is 0 Å². The van der Waals surface area contributed by atoms with Crippen LogP contribution in [0.25, 0.3) is 0 Å². The number of hydrogen-bond donors (Lipinski definition) is 1. The van der Waals surface area contributed by atoms with Gasteiger partial charge in [0.2, 0.25) is 5.88 Å². The summed E-state index contributed by atoms with van der Waals surface area (Å²) in [6, 6.07) is 4.52. The van der Waals surface area contributed by atoms with E-state index in [1.165, 1.54) is 24.4 Å². The molecule has 7 heteroatoms. The van der Waals surface area contributed by atoms with Gasteiger partial charge >= 0.3 is 11.5 Å². The van der Waals surface area contributed by atoms with Crippen LogP contribution in [-0.4, -0.2) is 26.8 Å². The summed E-state index contributed by atoms with van der Waals surface area (Å²) in [6.07, 6.45) is 1.34. The molecule has 0 amide bonds. The predicted molar refractivity (Wildman–Crippen MR) is 79.1 cm³/mol. The standard InChI is InChI=1S/C15H17N3O4/c1-9-7-11(13(19)18-17-9)21-12-6-5-10(8-16-12)14(20)22-15(2,3)4/h5-8H,1-4H3,(H,18,19). The zero-order valence-corrected chi connectivity index (χ0v) is 12.8. The number of aryl methyl sites for hydroxylation is 1. The molecule has 0 aliphatic carbocycles. The highest BCUT2D eigenvalue weighted by molar-refractivity contribution is 5.89. The van der Waals surface area contributed by atoms with Gasteiger partial charge < -0.3 is 9.47 Å². The summed E-state index contributed by atoms with van der Waals surface area (Å²) in [5.74, 6) is -0.183. The lowest BCUT2D eigenvalue weighted by atomic mass is 10.2. The van der Waals surface area contributed by atoms with E-state index in [2.05, 4.69) is 15.2 Å². The zero-order chi connectivity index (χ0) is 16.3. The van der Waals surface area contributed by atoms with Crippen LogP contribution in [0.3, 0.4) is 0 Å². The number of hydrogen-bond acceptors (Lipinski definition) is 6. The Morgan fingerprint density at radius 2 is 2.00 bits per heavy atom. The number of nitrogens with one attached hydrogen (secondary N) is 1. The normalized spacial score (nSPS) is 11.1. The Morgan fingerprint density at radius 1 is 1.27 bits per heavy atom. The fourth-order valence-electron chi connectivity index (χ4n) is 1.57. The van der Waals surface area contributed by atoms with Gasteiger partial charge in [0, 0.05) is 18.3 Å². The number of nitrogens with zero attached hydrogens (tertiary/aromatic N) is 2. The molecule has 2 aromatic heterocycles. The molecule has 2 heterocycles. The molecule has 116 valence electrons. The third-order valence-corrected chi connectivity index (χ3v) is 2.48. The number of H-pyrrole nitrogens is 1. The van der Waals surface area contributed by atoms with Crippen molar-refractivity contribution in [3.05, 3.63) is 46.0 Å². The Balaban J connectivity index is 2.14. The molecule has 2 rings (SSSR count). The molecular formula is C15H17N3O4. The monoisotopic (exact) mass is 303 g/mol. The summed E-state index contributed by atoms with van der Waals surface area (Å²) < 4.78 is 10.6. The van der Waals surface area contributed by atoms with Gasteiger partial charge in [-0.25, -0.2) is 14.9 Å². The van der Waals surface area contributed by atoms with Crippen molar-refractivity contribution in [2.24, 2.45) is 0 Å². The van der Waals surface area contributed by atoms with Gasteiger partial charge in [0.25, 0.3) is 0 Å². The molecule has 1 N–H and O–H groups in total. The average molecular weight is 303 g/mol. The minimum absolute atomic E-state index is 0.0880. The molecule has 22 heavy (non-hydrogen) atoms. The third-order valence-electron chi connectivity index (χ3n) is 2.48. The number of ether oxygens (including phenoxy) is 2. The first-order valence-corrected chi connectivity index (χ1v) is 6.68. The van der Waals surface area contributed by atoms with Crippen molar-refractivity contribution in [1.29, 1.82) is 0 Å². The molecule has 0 spiro atoms. The van der Waals surface area contributed by atoms with Gasteiger partial charge in [-0.2, -0.15) is 5.10 Å². The number of rotatable bonds is 3. The van der Waals surface area contributed by atoms with Crippen molar-refractivity contribution < 1.29 is 14.3 Å². The van der Waals surface area contributed by atoms with Gasteiger partial charge in [-0.3, -0.25) is 4.79 Å². The molecule has 0 radical (unpaired) electrons. The molecule has 0 aliphatic rings. The fraction of sp³-hybridized carbons (Fsp3) is 0.333. The van der Waals surface area contributed by atoms with Crippen LogP contribution in [0.4, 0.5) is 0 Å². The number of pyridine rings is 1. The van der Waals surface area contributed by atoms with Gasteiger partial charge in [0.15, 0.2) is 5.75 Å². The Hall–Kier alpha value is -2.70. The fourth-order valence-corrected chi connectivity index (χ4v) is 1.57. The Labute approximate surface area is 127 Å². The summed E-state index contributed by atoms with van der Waals surface area (Å²) in [6.45, 7) is 7.08. The van der Waals surface area contributed by atoms with Crippen LogP contribution >= 0.6 is 0 Å². The molecule has 0 bridgehead atoms. The molecule has 0 atom stereocenters. The molecule has 0 unspecified atom stereocenters. The topological polar surface area (TPSA) is 94.2 Å². The molecule has 0 aromatic carbocycles. The van der Waals surface area contributed by atoms with E-state index in [1.54, 1.807) is 27.7 Å². The van der Waals surface area contributed by atoms with Crippen LogP contribution in [0.15, 0.2) is 29.2 Å². The maximum absolute atomic E-state index is 11.9.